The Labute approximate surface area is 596 Å². The van der Waals surface area contributed by atoms with Crippen molar-refractivity contribution >= 4 is 27.8 Å². The van der Waals surface area contributed by atoms with Gasteiger partial charge >= 0.3 is 0 Å². The third kappa shape index (κ3) is 13.7. The largest absolute Gasteiger partial charge is 0.453 e. The van der Waals surface area contributed by atoms with Gasteiger partial charge in [-0.2, -0.15) is 0 Å². The topological polar surface area (TPSA) is 12.5 Å². The Hall–Kier alpha value is -10.3. The van der Waals surface area contributed by atoms with Crippen LogP contribution in [0.1, 0.15) is 139 Å². The first-order valence-electron chi connectivity index (χ1n) is 35.8. The van der Waals surface area contributed by atoms with Crippen molar-refractivity contribution in [3.63, 3.8) is 0 Å². The molecule has 0 aromatic heterocycles. The molecule has 0 radical (unpaired) electrons. The van der Waals surface area contributed by atoms with Gasteiger partial charge in [0.05, 0.1) is 11.4 Å². The Morgan fingerprint density at radius 3 is 0.870 bits per heavy atom. The molecule has 0 saturated heterocycles. The molecule has 1 aliphatic heterocycles. The van der Waals surface area contributed by atoms with Gasteiger partial charge in [-0.3, -0.25) is 0 Å². The highest BCUT2D eigenvalue weighted by Crippen LogP contribution is 2.54. The molecule has 2 heteroatoms. The van der Waals surface area contributed by atoms with Crippen molar-refractivity contribution in [1.29, 1.82) is 0 Å². The van der Waals surface area contributed by atoms with Gasteiger partial charge in [0.15, 0.2) is 11.5 Å². The number of aryl methyl sites for hydroxylation is 6. The minimum atomic E-state index is 0.0163. The van der Waals surface area contributed by atoms with Gasteiger partial charge in [-0.05, 0) is 298 Å². The van der Waals surface area contributed by atoms with E-state index < -0.39 is 0 Å². The van der Waals surface area contributed by atoms with E-state index in [1.807, 2.05) is 0 Å². The second-order valence-corrected chi connectivity index (χ2v) is 33.0. The molecule has 0 amide bonds. The van der Waals surface area contributed by atoms with E-state index in [0.29, 0.717) is 0 Å². The first-order valence-corrected chi connectivity index (χ1v) is 35.8. The van der Waals surface area contributed by atoms with Crippen LogP contribution in [0.3, 0.4) is 0 Å². The number of ether oxygens (including phenoxy) is 1. The van der Waals surface area contributed by atoms with Crippen LogP contribution in [0.2, 0.25) is 0 Å². The monoisotopic (exact) mass is 1300 g/mol. The van der Waals surface area contributed by atoms with Crippen LogP contribution in [-0.4, -0.2) is 0 Å². The van der Waals surface area contributed by atoms with E-state index in [2.05, 4.69) is 378 Å². The average molecular weight is 1300 g/mol. The summed E-state index contributed by atoms with van der Waals surface area (Å²) in [6.07, 6.45) is 0. The zero-order valence-electron chi connectivity index (χ0n) is 62.0. The number of benzene rings is 13. The van der Waals surface area contributed by atoms with Gasteiger partial charge in [0.1, 0.15) is 0 Å². The highest BCUT2D eigenvalue weighted by atomic mass is 16.5. The fraction of sp³-hybridized carbons (Fsp3) is 0.224. The summed E-state index contributed by atoms with van der Waals surface area (Å²) in [5, 5.41) is 2.47. The van der Waals surface area contributed by atoms with Crippen molar-refractivity contribution < 1.29 is 4.74 Å². The summed E-state index contributed by atoms with van der Waals surface area (Å²) in [6, 6.07) is 95.7. The van der Waals surface area contributed by atoms with E-state index in [1.165, 1.54) is 105 Å². The molecule has 1 aliphatic rings. The van der Waals surface area contributed by atoms with Gasteiger partial charge in [-0.1, -0.05) is 263 Å². The molecule has 0 bridgehead atoms. The number of fused-ring (bicyclic) bond motifs is 3. The SMILES string of the molecule is Cc1cc(C)cc(-c2cc(-c3ccc4c(c3)Oc3cc(C)ccc3N4c3cc(-c4cc(-c5ccc(C(C)(C)C)cc5)cc(-c5ccc(C(C)(C)C)cc5)c4)cc(-c4cc(-c5ccc(C(C)(C)C)cc5)cc(-c5ccc(C(C)(C)C)cc5)c4)c3)cc3c(-c4cc(C)cc(C)c4)cc(C)cc23)c1. The molecule has 0 spiro atoms. The zero-order chi connectivity index (χ0) is 70.5. The lowest BCUT2D eigenvalue weighted by atomic mass is 9.84. The summed E-state index contributed by atoms with van der Waals surface area (Å²) >= 11 is 0. The van der Waals surface area contributed by atoms with Crippen molar-refractivity contribution in [2.45, 2.75) is 146 Å². The fourth-order valence-corrected chi connectivity index (χ4v) is 14.9. The van der Waals surface area contributed by atoms with Crippen LogP contribution in [0.5, 0.6) is 11.5 Å². The van der Waals surface area contributed by atoms with Crippen molar-refractivity contribution in [2.24, 2.45) is 0 Å². The molecule has 0 N–H and O–H groups in total. The van der Waals surface area contributed by atoms with Crippen LogP contribution in [0, 0.1) is 41.5 Å². The molecule has 0 fully saturated rings. The summed E-state index contributed by atoms with van der Waals surface area (Å²) < 4.78 is 7.31. The minimum Gasteiger partial charge on any atom is -0.453 e. The second kappa shape index (κ2) is 25.5. The summed E-state index contributed by atoms with van der Waals surface area (Å²) in [7, 11) is 0. The molecule has 0 unspecified atom stereocenters. The number of nitrogens with zero attached hydrogens (tertiary/aromatic N) is 1. The van der Waals surface area contributed by atoms with Crippen LogP contribution in [0.15, 0.2) is 249 Å². The van der Waals surface area contributed by atoms with Gasteiger partial charge in [0, 0.05) is 5.69 Å². The molecule has 1 heterocycles. The quantitative estimate of drug-likeness (QED) is 0.135. The molecule has 0 saturated carbocycles. The lowest BCUT2D eigenvalue weighted by molar-refractivity contribution is 0.477. The van der Waals surface area contributed by atoms with Crippen LogP contribution in [-0.2, 0) is 21.7 Å². The molecule has 0 atom stereocenters. The van der Waals surface area contributed by atoms with Crippen LogP contribution in [0.25, 0.3) is 111 Å². The first-order chi connectivity index (χ1) is 47.4. The summed E-state index contributed by atoms with van der Waals surface area (Å²) in [5.74, 6) is 1.60. The predicted molar refractivity (Wildman–Crippen MR) is 431 cm³/mol. The lowest BCUT2D eigenvalue weighted by Gasteiger charge is -2.34. The second-order valence-electron chi connectivity index (χ2n) is 33.0. The molecular formula is C98H95NO. The molecular weight excluding hydrogens is 1210 g/mol. The number of rotatable bonds is 10. The van der Waals surface area contributed by atoms with E-state index in [9.17, 15) is 0 Å². The van der Waals surface area contributed by atoms with Gasteiger partial charge in [-0.25, -0.2) is 0 Å². The molecule has 14 rings (SSSR count). The maximum atomic E-state index is 7.31. The maximum absolute atomic E-state index is 7.31. The van der Waals surface area contributed by atoms with Crippen molar-refractivity contribution in [3.8, 4) is 112 Å². The Balaban J connectivity index is 1.01. The van der Waals surface area contributed by atoms with Crippen LogP contribution in [0.4, 0.5) is 17.1 Å². The number of hydrogen-bond donors (Lipinski definition) is 0. The standard InChI is InChI=1S/C98H95NO/c1-60-19-37-91-93(47-60)100-94-59-70(79-57-88(81-43-63(4)40-64(5)44-81)89-46-65(6)45-87(90(89)58-79)80-41-61(2)39-62(3)42-80)28-38-92(94)99(91)86-55-77(75-50-71(66-20-29-82(30-21-66)95(7,8)9)48-72(51-75)67-22-31-83(32-23-67)96(10,11)12)54-78(56-86)76-52-73(68-24-33-84(34-25-68)97(13,14)15)49-74(53-76)69-26-35-85(36-27-69)98(16,17)18/h19-59H,1-18H3. The third-order valence-electron chi connectivity index (χ3n) is 20.4. The van der Waals surface area contributed by atoms with Crippen molar-refractivity contribution in [1.82, 2.24) is 0 Å². The normalized spacial score (nSPS) is 12.6. The Morgan fingerprint density at radius 1 is 0.210 bits per heavy atom. The Kier molecular flexibility index (Phi) is 17.0. The Bertz CT molecular complexity index is 4950. The van der Waals surface area contributed by atoms with Gasteiger partial charge in [0.25, 0.3) is 0 Å². The average Bonchev–Trinajstić information content (AvgIpc) is 0.742. The predicted octanol–water partition coefficient (Wildman–Crippen LogP) is 28.5. The van der Waals surface area contributed by atoms with Crippen LogP contribution < -0.4 is 9.64 Å². The molecule has 0 aliphatic carbocycles. The smallest absolute Gasteiger partial charge is 0.152 e. The van der Waals surface area contributed by atoms with E-state index >= 15 is 0 Å². The highest BCUT2D eigenvalue weighted by Gasteiger charge is 2.29. The summed E-state index contributed by atoms with van der Waals surface area (Å²) in [6.45, 7) is 40.7. The van der Waals surface area contributed by atoms with Crippen molar-refractivity contribution in [2.75, 3.05) is 4.90 Å². The minimum absolute atomic E-state index is 0.0163. The summed E-state index contributed by atoms with van der Waals surface area (Å²) in [4.78, 5) is 2.45. The molecule has 13 aromatic carbocycles. The van der Waals surface area contributed by atoms with E-state index in [1.54, 1.807) is 0 Å². The third-order valence-corrected chi connectivity index (χ3v) is 20.4. The molecule has 100 heavy (non-hydrogen) atoms. The van der Waals surface area contributed by atoms with E-state index in [-0.39, 0.29) is 21.7 Å². The number of anilines is 3. The van der Waals surface area contributed by atoms with Gasteiger partial charge in [0.2, 0.25) is 0 Å². The highest BCUT2D eigenvalue weighted by molar-refractivity contribution is 6.08. The van der Waals surface area contributed by atoms with Crippen LogP contribution >= 0.6 is 0 Å². The first kappa shape index (κ1) is 66.9. The fourth-order valence-electron chi connectivity index (χ4n) is 14.9. The molecule has 498 valence electrons. The van der Waals surface area contributed by atoms with E-state index in [0.717, 1.165) is 89.8 Å². The summed E-state index contributed by atoms with van der Waals surface area (Å²) in [5.41, 5.74) is 36.6. The van der Waals surface area contributed by atoms with Gasteiger partial charge in [-0.15, -0.1) is 0 Å². The zero-order valence-corrected chi connectivity index (χ0v) is 62.0. The Morgan fingerprint density at radius 2 is 0.500 bits per heavy atom. The molecule has 13 aromatic rings. The van der Waals surface area contributed by atoms with E-state index in [4.69, 9.17) is 4.74 Å². The van der Waals surface area contributed by atoms with Gasteiger partial charge < -0.3 is 9.64 Å². The van der Waals surface area contributed by atoms with Crippen molar-refractivity contribution in [3.05, 3.63) is 304 Å². The lowest BCUT2D eigenvalue weighted by Crippen LogP contribution is -2.16. The number of hydrogen-bond acceptors (Lipinski definition) is 2. The molecule has 2 nitrogen and oxygen atoms in total. The maximum Gasteiger partial charge on any atom is 0.152 e.